The van der Waals surface area contributed by atoms with Crippen molar-refractivity contribution in [2.24, 2.45) is 5.10 Å². The average molecular weight is 345 g/mol. The Hall–Kier alpha value is -3.47. The monoisotopic (exact) mass is 345 g/mol. The van der Waals surface area contributed by atoms with Gasteiger partial charge in [-0.15, -0.1) is 0 Å². The number of hydrazone groups is 1. The van der Waals surface area contributed by atoms with Crippen LogP contribution in [0.4, 0.5) is 0 Å². The number of amides is 1. The van der Waals surface area contributed by atoms with Crippen molar-refractivity contribution in [2.75, 3.05) is 6.61 Å². The SMILES string of the molecule is CC(=NNC(=O)COc1ccccc1-c1ccccc1)c1cccnc1. The van der Waals surface area contributed by atoms with Crippen molar-refractivity contribution in [2.45, 2.75) is 6.92 Å². The maximum absolute atomic E-state index is 12.0. The van der Waals surface area contributed by atoms with Gasteiger partial charge in [0, 0.05) is 23.5 Å². The van der Waals surface area contributed by atoms with Crippen molar-refractivity contribution in [1.29, 1.82) is 0 Å². The highest BCUT2D eigenvalue weighted by Gasteiger charge is 2.08. The molecule has 2 aromatic carbocycles. The minimum atomic E-state index is -0.323. The summed E-state index contributed by atoms with van der Waals surface area (Å²) in [5.41, 5.74) is 6.01. The number of para-hydroxylation sites is 1. The van der Waals surface area contributed by atoms with Crippen LogP contribution in [-0.2, 0) is 4.79 Å². The zero-order valence-corrected chi connectivity index (χ0v) is 14.4. The molecule has 1 heterocycles. The van der Waals surface area contributed by atoms with E-state index in [1.165, 1.54) is 0 Å². The molecule has 1 aromatic heterocycles. The summed E-state index contributed by atoms with van der Waals surface area (Å²) in [5.74, 6) is 0.331. The zero-order chi connectivity index (χ0) is 18.2. The maximum Gasteiger partial charge on any atom is 0.277 e. The number of ether oxygens (including phenoxy) is 1. The molecule has 5 nitrogen and oxygen atoms in total. The van der Waals surface area contributed by atoms with Gasteiger partial charge in [0.05, 0.1) is 5.71 Å². The molecule has 0 saturated carbocycles. The van der Waals surface area contributed by atoms with E-state index >= 15 is 0 Å². The second-order valence-electron chi connectivity index (χ2n) is 5.62. The van der Waals surface area contributed by atoms with Crippen molar-refractivity contribution in [3.8, 4) is 16.9 Å². The number of nitrogens with one attached hydrogen (secondary N) is 1. The molecule has 5 heteroatoms. The number of pyridine rings is 1. The standard InChI is InChI=1S/C21H19N3O2/c1-16(18-10-7-13-22-14-18)23-24-21(25)15-26-20-12-6-5-11-19(20)17-8-3-2-4-9-17/h2-14H,15H2,1H3,(H,24,25). The molecule has 26 heavy (non-hydrogen) atoms. The predicted octanol–water partition coefficient (Wildman–Crippen LogP) is 3.67. The van der Waals surface area contributed by atoms with Crippen molar-refractivity contribution >= 4 is 11.6 Å². The van der Waals surface area contributed by atoms with E-state index < -0.39 is 0 Å². The molecule has 3 aromatic rings. The lowest BCUT2D eigenvalue weighted by Crippen LogP contribution is -2.25. The van der Waals surface area contributed by atoms with E-state index in [0.29, 0.717) is 11.5 Å². The third-order valence-electron chi connectivity index (χ3n) is 3.76. The number of hydrogen-bond donors (Lipinski definition) is 1. The van der Waals surface area contributed by atoms with Crippen molar-refractivity contribution in [1.82, 2.24) is 10.4 Å². The minimum Gasteiger partial charge on any atom is -0.483 e. The lowest BCUT2D eigenvalue weighted by Gasteiger charge is -2.11. The Morgan fingerprint density at radius 2 is 1.81 bits per heavy atom. The summed E-state index contributed by atoms with van der Waals surface area (Å²) in [6, 6.07) is 21.2. The van der Waals surface area contributed by atoms with Crippen LogP contribution in [0, 0.1) is 0 Å². The Morgan fingerprint density at radius 3 is 2.58 bits per heavy atom. The lowest BCUT2D eigenvalue weighted by molar-refractivity contribution is -0.123. The quantitative estimate of drug-likeness (QED) is 0.548. The largest absolute Gasteiger partial charge is 0.483 e. The number of nitrogens with zero attached hydrogens (tertiary/aromatic N) is 2. The van der Waals surface area contributed by atoms with Gasteiger partial charge in [0.15, 0.2) is 6.61 Å². The summed E-state index contributed by atoms with van der Waals surface area (Å²) in [6.07, 6.45) is 3.38. The second kappa shape index (κ2) is 8.58. The molecule has 0 radical (unpaired) electrons. The lowest BCUT2D eigenvalue weighted by atomic mass is 10.1. The Balaban J connectivity index is 1.62. The van der Waals surface area contributed by atoms with E-state index in [0.717, 1.165) is 16.7 Å². The number of carbonyl (C=O) groups is 1. The van der Waals surface area contributed by atoms with E-state index in [1.807, 2.05) is 73.7 Å². The number of benzene rings is 2. The van der Waals surface area contributed by atoms with Gasteiger partial charge in [-0.05, 0) is 24.6 Å². The Bertz CT molecular complexity index is 893. The second-order valence-corrected chi connectivity index (χ2v) is 5.62. The molecule has 0 aliphatic carbocycles. The van der Waals surface area contributed by atoms with Gasteiger partial charge in [-0.2, -0.15) is 5.10 Å². The van der Waals surface area contributed by atoms with Crippen LogP contribution in [0.1, 0.15) is 12.5 Å². The smallest absolute Gasteiger partial charge is 0.277 e. The maximum atomic E-state index is 12.0. The number of aromatic nitrogens is 1. The molecule has 130 valence electrons. The van der Waals surface area contributed by atoms with Crippen molar-refractivity contribution in [3.63, 3.8) is 0 Å². The number of hydrogen-bond acceptors (Lipinski definition) is 4. The van der Waals surface area contributed by atoms with Gasteiger partial charge in [0.25, 0.3) is 5.91 Å². The van der Waals surface area contributed by atoms with Gasteiger partial charge >= 0.3 is 0 Å². The summed E-state index contributed by atoms with van der Waals surface area (Å²) >= 11 is 0. The molecular weight excluding hydrogens is 326 g/mol. The van der Waals surface area contributed by atoms with Crippen LogP contribution in [0.2, 0.25) is 0 Å². The highest BCUT2D eigenvalue weighted by atomic mass is 16.5. The van der Waals surface area contributed by atoms with E-state index in [4.69, 9.17) is 4.74 Å². The van der Waals surface area contributed by atoms with Gasteiger partial charge in [0.2, 0.25) is 0 Å². The zero-order valence-electron chi connectivity index (χ0n) is 14.4. The van der Waals surface area contributed by atoms with Crippen molar-refractivity contribution < 1.29 is 9.53 Å². The Labute approximate surface area is 152 Å². The predicted molar refractivity (Wildman–Crippen MR) is 102 cm³/mol. The summed E-state index contributed by atoms with van der Waals surface area (Å²) in [7, 11) is 0. The molecule has 0 spiro atoms. The molecule has 0 saturated heterocycles. The summed E-state index contributed by atoms with van der Waals surface area (Å²) in [5, 5.41) is 4.08. The first-order valence-electron chi connectivity index (χ1n) is 8.25. The topological polar surface area (TPSA) is 63.6 Å². The fourth-order valence-electron chi connectivity index (χ4n) is 2.41. The Morgan fingerprint density at radius 1 is 1.04 bits per heavy atom. The van der Waals surface area contributed by atoms with Gasteiger partial charge in [-0.3, -0.25) is 9.78 Å². The van der Waals surface area contributed by atoms with Crippen LogP contribution in [-0.4, -0.2) is 23.2 Å². The fraction of sp³-hybridized carbons (Fsp3) is 0.0952. The van der Waals surface area contributed by atoms with Gasteiger partial charge in [-0.1, -0.05) is 54.6 Å². The molecule has 0 aliphatic heterocycles. The first-order chi connectivity index (χ1) is 12.7. The first kappa shape index (κ1) is 17.4. The molecule has 1 N–H and O–H groups in total. The van der Waals surface area contributed by atoms with Gasteiger partial charge in [0.1, 0.15) is 5.75 Å². The molecule has 0 aliphatic rings. The van der Waals surface area contributed by atoms with Crippen LogP contribution in [0.25, 0.3) is 11.1 Å². The van der Waals surface area contributed by atoms with E-state index in [-0.39, 0.29) is 12.5 Å². The van der Waals surface area contributed by atoms with Crippen LogP contribution in [0.3, 0.4) is 0 Å². The van der Waals surface area contributed by atoms with E-state index in [2.05, 4.69) is 15.5 Å². The molecule has 3 rings (SSSR count). The van der Waals surface area contributed by atoms with Crippen LogP contribution < -0.4 is 10.2 Å². The van der Waals surface area contributed by atoms with Crippen molar-refractivity contribution in [3.05, 3.63) is 84.7 Å². The van der Waals surface area contributed by atoms with Gasteiger partial charge in [-0.25, -0.2) is 5.43 Å². The third kappa shape index (κ3) is 4.54. The van der Waals surface area contributed by atoms with Gasteiger partial charge < -0.3 is 4.74 Å². The normalized spacial score (nSPS) is 11.0. The minimum absolute atomic E-state index is 0.117. The summed E-state index contributed by atoms with van der Waals surface area (Å²) < 4.78 is 5.70. The summed E-state index contributed by atoms with van der Waals surface area (Å²) in [6.45, 7) is 1.69. The van der Waals surface area contributed by atoms with E-state index in [1.54, 1.807) is 12.4 Å². The first-order valence-corrected chi connectivity index (χ1v) is 8.25. The van der Waals surface area contributed by atoms with Crippen LogP contribution in [0.5, 0.6) is 5.75 Å². The van der Waals surface area contributed by atoms with E-state index in [9.17, 15) is 4.79 Å². The molecule has 0 bridgehead atoms. The molecule has 0 fully saturated rings. The highest BCUT2D eigenvalue weighted by molar-refractivity contribution is 5.98. The fourth-order valence-corrected chi connectivity index (χ4v) is 2.41. The van der Waals surface area contributed by atoms with Crippen LogP contribution >= 0.6 is 0 Å². The molecular formula is C21H19N3O2. The number of carbonyl (C=O) groups excluding carboxylic acids is 1. The highest BCUT2D eigenvalue weighted by Crippen LogP contribution is 2.29. The Kier molecular flexibility index (Phi) is 5.72. The number of rotatable bonds is 6. The summed E-state index contributed by atoms with van der Waals surface area (Å²) in [4.78, 5) is 16.1. The third-order valence-corrected chi connectivity index (χ3v) is 3.76. The van der Waals surface area contributed by atoms with Crippen LogP contribution in [0.15, 0.2) is 84.2 Å². The molecule has 0 atom stereocenters. The average Bonchev–Trinajstić information content (AvgIpc) is 2.72. The molecule has 0 unspecified atom stereocenters. The molecule has 1 amide bonds.